The number of anilines is 1. The van der Waals surface area contributed by atoms with Gasteiger partial charge in [-0.3, -0.25) is 14.9 Å². The molecular weight excluding hydrogens is 500 g/mol. The molecule has 3 aromatic rings. The summed E-state index contributed by atoms with van der Waals surface area (Å²) in [6, 6.07) is 15.2. The van der Waals surface area contributed by atoms with Crippen LogP contribution in [0.4, 0.5) is 10.5 Å². The van der Waals surface area contributed by atoms with E-state index in [9.17, 15) is 19.6 Å². The topological polar surface area (TPSA) is 155 Å². The zero-order valence-corrected chi connectivity index (χ0v) is 20.5. The molecule has 1 fully saturated rings. The summed E-state index contributed by atoms with van der Waals surface area (Å²) >= 11 is 6.17. The number of hydrogen-bond acceptors (Lipinski definition) is 7. The molecule has 3 atom stereocenters. The van der Waals surface area contributed by atoms with Crippen LogP contribution in [0.25, 0.3) is 11.3 Å². The van der Waals surface area contributed by atoms with Crippen molar-refractivity contribution in [2.24, 2.45) is 5.92 Å². The Labute approximate surface area is 217 Å². The minimum atomic E-state index is -0.850. The van der Waals surface area contributed by atoms with E-state index in [1.165, 1.54) is 0 Å². The number of rotatable bonds is 9. The Bertz CT molecular complexity index is 1360. The molecular formula is C26H23ClN4O6. The van der Waals surface area contributed by atoms with E-state index in [0.717, 1.165) is 6.42 Å². The Morgan fingerprint density at radius 2 is 1.97 bits per heavy atom. The Morgan fingerprint density at radius 3 is 2.65 bits per heavy atom. The Kier molecular flexibility index (Phi) is 7.74. The average molecular weight is 523 g/mol. The minimum absolute atomic E-state index is 0.0334. The lowest BCUT2D eigenvalue weighted by Gasteiger charge is -2.15. The Morgan fingerprint density at radius 1 is 1.24 bits per heavy atom. The maximum Gasteiger partial charge on any atom is 0.412 e. The summed E-state index contributed by atoms with van der Waals surface area (Å²) in [6.07, 6.45) is -0.119. The first-order valence-corrected chi connectivity index (χ1v) is 11.9. The molecule has 10 nitrogen and oxygen atoms in total. The van der Waals surface area contributed by atoms with Crippen molar-refractivity contribution in [1.82, 2.24) is 10.5 Å². The molecule has 1 aliphatic carbocycles. The molecule has 1 aliphatic rings. The van der Waals surface area contributed by atoms with Crippen molar-refractivity contribution in [3.63, 3.8) is 0 Å². The number of ether oxygens (including phenoxy) is 1. The standard InChI is InChI=1S/C26H23ClN4O6/c1-14(18-4-2-3-5-19(18)27)36-26(35)30-23-21(13-28)31-37-24(23)15-6-8-16(9-7-15)25(34)29-20-12-17(20)10-11-22(32)33/h2-9,14,17,20H,10-12H2,1H3,(H,29,34)(H,30,35)(H,32,33). The Balaban J connectivity index is 1.42. The van der Waals surface area contributed by atoms with E-state index in [0.29, 0.717) is 28.1 Å². The van der Waals surface area contributed by atoms with E-state index in [1.807, 2.05) is 6.07 Å². The van der Waals surface area contributed by atoms with Crippen LogP contribution in [0.5, 0.6) is 0 Å². The number of carbonyl (C=O) groups is 3. The van der Waals surface area contributed by atoms with Gasteiger partial charge in [-0.25, -0.2) is 4.79 Å². The number of carboxylic acid groups (broad SMARTS) is 1. The quantitative estimate of drug-likeness (QED) is 0.348. The number of nitrogens with one attached hydrogen (secondary N) is 2. The zero-order valence-electron chi connectivity index (χ0n) is 19.7. The van der Waals surface area contributed by atoms with E-state index < -0.39 is 18.2 Å². The maximum atomic E-state index is 12.6. The Hall–Kier alpha value is -4.36. The number of nitriles is 1. The number of benzene rings is 2. The van der Waals surface area contributed by atoms with Crippen LogP contribution >= 0.6 is 11.6 Å². The van der Waals surface area contributed by atoms with Crippen molar-refractivity contribution in [2.75, 3.05) is 5.32 Å². The maximum absolute atomic E-state index is 12.6. The highest BCUT2D eigenvalue weighted by atomic mass is 35.5. The van der Waals surface area contributed by atoms with E-state index in [4.69, 9.17) is 26.0 Å². The monoisotopic (exact) mass is 522 g/mol. The fraction of sp³-hybridized carbons (Fsp3) is 0.269. The van der Waals surface area contributed by atoms with Crippen LogP contribution in [0.2, 0.25) is 5.02 Å². The number of amides is 2. The summed E-state index contributed by atoms with van der Waals surface area (Å²) in [5, 5.41) is 27.8. The lowest BCUT2D eigenvalue weighted by Crippen LogP contribution is -2.26. The van der Waals surface area contributed by atoms with Gasteiger partial charge < -0.3 is 19.7 Å². The average Bonchev–Trinajstić information content (AvgIpc) is 3.49. The van der Waals surface area contributed by atoms with Crippen LogP contribution in [-0.2, 0) is 9.53 Å². The molecule has 190 valence electrons. The van der Waals surface area contributed by atoms with Gasteiger partial charge in [-0.05, 0) is 43.9 Å². The summed E-state index contributed by atoms with van der Waals surface area (Å²) in [4.78, 5) is 35.8. The lowest BCUT2D eigenvalue weighted by molar-refractivity contribution is -0.137. The molecule has 0 bridgehead atoms. The van der Waals surface area contributed by atoms with Crippen molar-refractivity contribution >= 4 is 35.3 Å². The van der Waals surface area contributed by atoms with E-state index in [2.05, 4.69) is 15.8 Å². The molecule has 37 heavy (non-hydrogen) atoms. The zero-order chi connectivity index (χ0) is 26.5. The highest BCUT2D eigenvalue weighted by Gasteiger charge is 2.38. The SMILES string of the molecule is CC(OC(=O)Nc1c(C#N)noc1-c1ccc(C(=O)NC2CC2CCC(=O)O)cc1)c1ccccc1Cl. The predicted molar refractivity (Wildman–Crippen MR) is 133 cm³/mol. The van der Waals surface area contributed by atoms with Gasteiger partial charge in [-0.2, -0.15) is 5.26 Å². The van der Waals surface area contributed by atoms with Gasteiger partial charge in [0.25, 0.3) is 5.91 Å². The number of halogens is 1. The van der Waals surface area contributed by atoms with Crippen LogP contribution in [0, 0.1) is 17.2 Å². The molecule has 1 aromatic heterocycles. The van der Waals surface area contributed by atoms with Crippen molar-refractivity contribution in [1.29, 1.82) is 5.26 Å². The van der Waals surface area contributed by atoms with Gasteiger partial charge in [0.15, 0.2) is 5.76 Å². The highest BCUT2D eigenvalue weighted by Crippen LogP contribution is 2.35. The second kappa shape index (κ2) is 11.1. The number of carboxylic acids is 1. The lowest BCUT2D eigenvalue weighted by atomic mass is 10.1. The van der Waals surface area contributed by atoms with Crippen LogP contribution < -0.4 is 10.6 Å². The molecule has 0 saturated heterocycles. The van der Waals surface area contributed by atoms with Crippen LogP contribution in [0.1, 0.15) is 53.9 Å². The molecule has 4 rings (SSSR count). The highest BCUT2D eigenvalue weighted by molar-refractivity contribution is 6.31. The van der Waals surface area contributed by atoms with Gasteiger partial charge in [-0.15, -0.1) is 0 Å². The first-order valence-electron chi connectivity index (χ1n) is 11.5. The molecule has 3 N–H and O–H groups in total. The summed E-state index contributed by atoms with van der Waals surface area (Å²) in [6.45, 7) is 1.67. The fourth-order valence-electron chi connectivity index (χ4n) is 3.92. The van der Waals surface area contributed by atoms with Gasteiger partial charge in [-0.1, -0.05) is 47.1 Å². The second-order valence-electron chi connectivity index (χ2n) is 8.63. The molecule has 3 unspecified atom stereocenters. The van der Waals surface area contributed by atoms with Crippen LogP contribution in [-0.4, -0.2) is 34.3 Å². The summed E-state index contributed by atoms with van der Waals surface area (Å²) in [5.41, 5.74) is 1.40. The first kappa shape index (κ1) is 25.7. The van der Waals surface area contributed by atoms with Crippen molar-refractivity contribution in [3.8, 4) is 17.4 Å². The second-order valence-corrected chi connectivity index (χ2v) is 9.03. The molecule has 11 heteroatoms. The third kappa shape index (κ3) is 6.26. The molecule has 2 aromatic carbocycles. The van der Waals surface area contributed by atoms with Crippen molar-refractivity contribution in [2.45, 2.75) is 38.3 Å². The van der Waals surface area contributed by atoms with Gasteiger partial charge in [0.2, 0.25) is 5.69 Å². The predicted octanol–water partition coefficient (Wildman–Crippen LogP) is 5.16. The van der Waals surface area contributed by atoms with Gasteiger partial charge >= 0.3 is 12.1 Å². The van der Waals surface area contributed by atoms with Crippen LogP contribution in [0.3, 0.4) is 0 Å². The molecule has 1 heterocycles. The summed E-state index contributed by atoms with van der Waals surface area (Å²) in [7, 11) is 0. The van der Waals surface area contributed by atoms with Crippen molar-refractivity contribution < 1.29 is 28.8 Å². The van der Waals surface area contributed by atoms with Crippen molar-refractivity contribution in [3.05, 3.63) is 70.4 Å². The normalized spacial score (nSPS) is 16.8. The van der Waals surface area contributed by atoms with Gasteiger partial charge in [0.05, 0.1) is 0 Å². The smallest absolute Gasteiger partial charge is 0.412 e. The minimum Gasteiger partial charge on any atom is -0.481 e. The number of nitrogens with zero attached hydrogens (tertiary/aromatic N) is 2. The molecule has 2 amide bonds. The molecule has 0 aliphatic heterocycles. The molecule has 0 spiro atoms. The van der Waals surface area contributed by atoms with E-state index >= 15 is 0 Å². The van der Waals surface area contributed by atoms with Gasteiger partial charge in [0.1, 0.15) is 17.9 Å². The number of hydrogen-bond donors (Lipinski definition) is 3. The van der Waals surface area contributed by atoms with E-state index in [-0.39, 0.29) is 41.4 Å². The molecule has 0 radical (unpaired) electrons. The fourth-order valence-corrected chi connectivity index (χ4v) is 4.21. The first-order chi connectivity index (χ1) is 17.8. The third-order valence-corrected chi connectivity index (χ3v) is 6.37. The largest absolute Gasteiger partial charge is 0.481 e. The van der Waals surface area contributed by atoms with Gasteiger partial charge in [0, 0.05) is 34.2 Å². The molecule has 1 saturated carbocycles. The third-order valence-electron chi connectivity index (χ3n) is 6.03. The number of aromatic nitrogens is 1. The van der Waals surface area contributed by atoms with Crippen LogP contribution in [0.15, 0.2) is 53.1 Å². The number of aliphatic carboxylic acids is 1. The summed E-state index contributed by atoms with van der Waals surface area (Å²) < 4.78 is 10.7. The number of carbonyl (C=O) groups excluding carboxylic acids is 2. The summed E-state index contributed by atoms with van der Waals surface area (Å²) in [5.74, 6) is -0.828. The van der Waals surface area contributed by atoms with E-state index in [1.54, 1.807) is 55.5 Å².